The fourth-order valence-electron chi connectivity index (χ4n) is 1.37. The maximum absolute atomic E-state index is 3.11. The Morgan fingerprint density at radius 2 is 1.58 bits per heavy atom. The molecule has 0 aromatic heterocycles. The first-order chi connectivity index (χ1) is 9.13. The molecule has 0 bridgehead atoms. The Bertz CT molecular complexity index is 360. The zero-order chi connectivity index (χ0) is 14.5. The average Bonchev–Trinajstić information content (AvgIpc) is 2.42. The molecule has 1 nitrogen and oxygen atoms in total. The first-order valence-electron chi connectivity index (χ1n) is 7.28. The predicted molar refractivity (Wildman–Crippen MR) is 87.4 cm³/mol. The summed E-state index contributed by atoms with van der Waals surface area (Å²) in [5.41, 5.74) is 2.76. The molecule has 0 saturated heterocycles. The Balaban J connectivity index is 0.000000289. The number of nitrogens with one attached hydrogen (secondary N) is 1. The monoisotopic (exact) mass is 259 g/mol. The smallest absolute Gasteiger partial charge is 0.0413 e. The van der Waals surface area contributed by atoms with Crippen LogP contribution in [0.1, 0.15) is 45.2 Å². The van der Waals surface area contributed by atoms with Gasteiger partial charge in [-0.15, -0.1) is 0 Å². The van der Waals surface area contributed by atoms with Crippen molar-refractivity contribution in [2.75, 3.05) is 0 Å². The fraction of sp³-hybridized carbons (Fsp3) is 0.444. The lowest BCUT2D eigenvalue weighted by Crippen LogP contribution is -2.18. The van der Waals surface area contributed by atoms with Gasteiger partial charge in [0.25, 0.3) is 0 Å². The number of allylic oxidation sites excluding steroid dienone is 2. The van der Waals surface area contributed by atoms with Gasteiger partial charge in [0.2, 0.25) is 0 Å². The molecule has 1 N–H and O–H groups in total. The molecule has 0 fully saturated rings. The number of dihydropyridines is 1. The van der Waals surface area contributed by atoms with Gasteiger partial charge in [-0.25, -0.2) is 0 Å². The van der Waals surface area contributed by atoms with E-state index in [0.29, 0.717) is 6.04 Å². The van der Waals surface area contributed by atoms with E-state index in [4.69, 9.17) is 0 Å². The van der Waals surface area contributed by atoms with Crippen LogP contribution in [0.3, 0.4) is 0 Å². The Labute approximate surface area is 119 Å². The summed E-state index contributed by atoms with van der Waals surface area (Å²) in [6.45, 7) is 10.6. The third-order valence-corrected chi connectivity index (χ3v) is 2.50. The van der Waals surface area contributed by atoms with Crippen LogP contribution in [0, 0.1) is 6.92 Å². The van der Waals surface area contributed by atoms with Gasteiger partial charge in [0, 0.05) is 6.04 Å². The van der Waals surface area contributed by atoms with Crippen molar-refractivity contribution in [1.82, 2.24) is 5.32 Å². The van der Waals surface area contributed by atoms with Gasteiger partial charge < -0.3 is 5.32 Å². The summed E-state index contributed by atoms with van der Waals surface area (Å²) in [6.07, 6.45) is 10.5. The lowest BCUT2D eigenvalue weighted by atomic mass is 10.1. The van der Waals surface area contributed by atoms with Crippen molar-refractivity contribution >= 4 is 0 Å². The Morgan fingerprint density at radius 1 is 1.00 bits per heavy atom. The number of benzene rings is 1. The zero-order valence-corrected chi connectivity index (χ0v) is 13.1. The van der Waals surface area contributed by atoms with Gasteiger partial charge in [-0.1, -0.05) is 69.2 Å². The van der Waals surface area contributed by atoms with Gasteiger partial charge in [-0.3, -0.25) is 0 Å². The van der Waals surface area contributed by atoms with Crippen molar-refractivity contribution in [3.63, 3.8) is 0 Å². The first-order valence-corrected chi connectivity index (χ1v) is 7.28. The van der Waals surface area contributed by atoms with E-state index in [1.807, 2.05) is 18.4 Å². The molecule has 0 amide bonds. The van der Waals surface area contributed by atoms with Crippen molar-refractivity contribution in [1.29, 1.82) is 0 Å². The third-order valence-electron chi connectivity index (χ3n) is 2.50. The minimum atomic E-state index is 0.519. The fourth-order valence-corrected chi connectivity index (χ4v) is 1.37. The highest BCUT2D eigenvalue weighted by molar-refractivity contribution is 5.20. The van der Waals surface area contributed by atoms with E-state index < -0.39 is 0 Å². The molecule has 19 heavy (non-hydrogen) atoms. The van der Waals surface area contributed by atoms with Crippen LogP contribution in [0.15, 0.2) is 48.7 Å². The molecule has 0 radical (unpaired) electrons. The Morgan fingerprint density at radius 3 is 1.89 bits per heavy atom. The van der Waals surface area contributed by atoms with Gasteiger partial charge in [-0.05, 0) is 38.1 Å². The number of rotatable bonds is 1. The molecule has 1 atom stereocenters. The largest absolute Gasteiger partial charge is 0.385 e. The van der Waals surface area contributed by atoms with Crippen molar-refractivity contribution in [3.05, 3.63) is 59.8 Å². The molecular weight excluding hydrogens is 230 g/mol. The third kappa shape index (κ3) is 10.1. The van der Waals surface area contributed by atoms with Crippen molar-refractivity contribution in [3.8, 4) is 0 Å². The topological polar surface area (TPSA) is 12.0 Å². The van der Waals surface area contributed by atoms with Crippen LogP contribution >= 0.6 is 0 Å². The van der Waals surface area contributed by atoms with Gasteiger partial charge in [0.05, 0.1) is 0 Å². The van der Waals surface area contributed by atoms with E-state index in [1.54, 1.807) is 0 Å². The van der Waals surface area contributed by atoms with E-state index in [1.165, 1.54) is 17.5 Å². The second-order valence-electron chi connectivity index (χ2n) is 4.75. The highest BCUT2D eigenvalue weighted by atomic mass is 14.9. The van der Waals surface area contributed by atoms with Crippen LogP contribution in [-0.4, -0.2) is 6.04 Å². The molecule has 1 heteroatoms. The van der Waals surface area contributed by atoms with Crippen LogP contribution in [0.25, 0.3) is 0 Å². The normalized spacial score (nSPS) is 15.5. The summed E-state index contributed by atoms with van der Waals surface area (Å²) in [5.74, 6) is 0. The molecule has 106 valence electrons. The van der Waals surface area contributed by atoms with Crippen LogP contribution < -0.4 is 5.32 Å². The second kappa shape index (κ2) is 11.6. The molecule has 1 heterocycles. The first kappa shape index (κ1) is 17.5. The van der Waals surface area contributed by atoms with E-state index in [2.05, 4.69) is 70.3 Å². The molecule has 0 spiro atoms. The summed E-state index contributed by atoms with van der Waals surface area (Å²) >= 11 is 0. The maximum Gasteiger partial charge on any atom is 0.0413 e. The molecule has 1 aliphatic rings. The van der Waals surface area contributed by atoms with E-state index in [-0.39, 0.29) is 0 Å². The van der Waals surface area contributed by atoms with E-state index >= 15 is 0 Å². The number of hydrogen-bond acceptors (Lipinski definition) is 1. The number of aryl methyl sites for hydroxylation is 2. The van der Waals surface area contributed by atoms with E-state index in [0.717, 1.165) is 6.42 Å². The molecule has 1 aromatic rings. The minimum absolute atomic E-state index is 0.519. The van der Waals surface area contributed by atoms with Crippen molar-refractivity contribution < 1.29 is 0 Å². The summed E-state index contributed by atoms with van der Waals surface area (Å²) in [4.78, 5) is 0. The summed E-state index contributed by atoms with van der Waals surface area (Å²) in [6, 6.07) is 9.17. The number of hydrogen-bond donors (Lipinski definition) is 1. The van der Waals surface area contributed by atoms with Crippen LogP contribution in [0.4, 0.5) is 0 Å². The SMILES string of the molecule is CC1C=CC=CN1.CCC.CCc1ccc(C)cc1. The molecule has 1 aliphatic heterocycles. The highest BCUT2D eigenvalue weighted by Gasteiger charge is 1.90. The lowest BCUT2D eigenvalue weighted by Gasteiger charge is -2.07. The molecule has 1 unspecified atom stereocenters. The standard InChI is InChI=1S/C9H12.C6H9N.C3H8/c1-3-9-6-4-8(2)5-7-9;1-6-4-2-3-5-7-6;1-3-2/h4-7H,3H2,1-2H3;2-7H,1H3;3H2,1-2H3. The second-order valence-corrected chi connectivity index (χ2v) is 4.75. The quantitative estimate of drug-likeness (QED) is 0.746. The van der Waals surface area contributed by atoms with Gasteiger partial charge in [-0.2, -0.15) is 0 Å². The highest BCUT2D eigenvalue weighted by Crippen LogP contribution is 2.02. The summed E-state index contributed by atoms with van der Waals surface area (Å²) in [5, 5.41) is 3.11. The van der Waals surface area contributed by atoms with Gasteiger partial charge in [0.15, 0.2) is 0 Å². The molecule has 2 rings (SSSR count). The predicted octanol–water partition coefficient (Wildman–Crippen LogP) is 5.02. The summed E-state index contributed by atoms with van der Waals surface area (Å²) in [7, 11) is 0. The lowest BCUT2D eigenvalue weighted by molar-refractivity contribution is 0.761. The molecule has 1 aromatic carbocycles. The molecule has 0 saturated carbocycles. The van der Waals surface area contributed by atoms with Gasteiger partial charge in [0.1, 0.15) is 0 Å². The van der Waals surface area contributed by atoms with Crippen molar-refractivity contribution in [2.45, 2.75) is 53.5 Å². The summed E-state index contributed by atoms with van der Waals surface area (Å²) < 4.78 is 0. The van der Waals surface area contributed by atoms with Crippen molar-refractivity contribution in [2.24, 2.45) is 0 Å². The van der Waals surface area contributed by atoms with Gasteiger partial charge >= 0.3 is 0 Å². The maximum atomic E-state index is 3.11. The van der Waals surface area contributed by atoms with Crippen LogP contribution in [0.5, 0.6) is 0 Å². The van der Waals surface area contributed by atoms with E-state index in [9.17, 15) is 0 Å². The van der Waals surface area contributed by atoms with Crippen LogP contribution in [0.2, 0.25) is 0 Å². The van der Waals surface area contributed by atoms with Crippen LogP contribution in [-0.2, 0) is 6.42 Å². The molecule has 0 aliphatic carbocycles. The Hall–Kier alpha value is -1.50. The zero-order valence-electron chi connectivity index (χ0n) is 13.1. The minimum Gasteiger partial charge on any atom is -0.385 e. The Kier molecular flexibility index (Phi) is 10.7. The average molecular weight is 259 g/mol. The molecular formula is C18H29N.